The van der Waals surface area contributed by atoms with Crippen molar-refractivity contribution in [2.45, 2.75) is 33.4 Å². The minimum absolute atomic E-state index is 0.382. The molecule has 1 rings (SSSR count). The van der Waals surface area contributed by atoms with Crippen molar-refractivity contribution < 1.29 is 4.74 Å². The maximum atomic E-state index is 5.45. The van der Waals surface area contributed by atoms with Crippen molar-refractivity contribution in [1.82, 2.24) is 4.90 Å². The molecule has 0 spiro atoms. The second-order valence-corrected chi connectivity index (χ2v) is 4.69. The van der Waals surface area contributed by atoms with Crippen molar-refractivity contribution in [2.24, 2.45) is 5.73 Å². The van der Waals surface area contributed by atoms with Gasteiger partial charge < -0.3 is 10.5 Å². The summed E-state index contributed by atoms with van der Waals surface area (Å²) in [5.41, 5.74) is 7.67. The average molecular weight is 260 g/mol. The molecule has 3 nitrogen and oxygen atoms in total. The van der Waals surface area contributed by atoms with Crippen molar-refractivity contribution in [2.75, 3.05) is 20.2 Å². The van der Waals surface area contributed by atoms with Crippen LogP contribution in [-0.4, -0.2) is 31.1 Å². The highest BCUT2D eigenvalue weighted by molar-refractivity contribution is 5.45. The predicted octanol–water partition coefficient (Wildman–Crippen LogP) is 2.24. The summed E-state index contributed by atoms with van der Waals surface area (Å²) in [6, 6.07) is 6.51. The molecule has 0 aliphatic carbocycles. The Hall–Kier alpha value is -1.50. The van der Waals surface area contributed by atoms with Crippen LogP contribution in [0.2, 0.25) is 0 Å². The monoisotopic (exact) mass is 260 g/mol. The number of nitrogens with two attached hydrogens (primary N) is 1. The van der Waals surface area contributed by atoms with Gasteiger partial charge in [-0.05, 0) is 44.2 Å². The van der Waals surface area contributed by atoms with Gasteiger partial charge in [0.2, 0.25) is 0 Å². The molecule has 1 aromatic rings. The largest absolute Gasteiger partial charge is 0.497 e. The van der Waals surface area contributed by atoms with Crippen LogP contribution in [0.25, 0.3) is 0 Å². The molecule has 0 radical (unpaired) electrons. The van der Waals surface area contributed by atoms with Crippen LogP contribution >= 0.6 is 0 Å². The van der Waals surface area contributed by atoms with Gasteiger partial charge in [-0.1, -0.05) is 18.8 Å². The first-order chi connectivity index (χ1) is 9.12. The Kier molecular flexibility index (Phi) is 6.41. The predicted molar refractivity (Wildman–Crippen MR) is 80.1 cm³/mol. The molecule has 0 heterocycles. The van der Waals surface area contributed by atoms with Gasteiger partial charge in [-0.25, -0.2) is 0 Å². The SMILES string of the molecule is CCN(Cc1cc(OC)ccc1C#CCN)C(C)C. The molecule has 0 atom stereocenters. The summed E-state index contributed by atoms with van der Waals surface area (Å²) in [7, 11) is 1.68. The molecule has 0 saturated heterocycles. The number of rotatable bonds is 5. The third-order valence-electron chi connectivity index (χ3n) is 3.15. The van der Waals surface area contributed by atoms with Crippen LogP contribution in [0.1, 0.15) is 31.9 Å². The summed E-state index contributed by atoms with van der Waals surface area (Å²) in [4.78, 5) is 2.39. The molecule has 0 fully saturated rings. The number of methoxy groups -OCH3 is 1. The Morgan fingerprint density at radius 1 is 1.37 bits per heavy atom. The van der Waals surface area contributed by atoms with E-state index in [4.69, 9.17) is 10.5 Å². The molecule has 0 amide bonds. The summed E-state index contributed by atoms with van der Waals surface area (Å²) in [5.74, 6) is 6.93. The molecule has 104 valence electrons. The summed E-state index contributed by atoms with van der Waals surface area (Å²) < 4.78 is 5.30. The lowest BCUT2D eigenvalue weighted by atomic mass is 10.1. The molecule has 2 N–H and O–H groups in total. The Labute approximate surface area is 116 Å². The summed E-state index contributed by atoms with van der Waals surface area (Å²) in [6.07, 6.45) is 0. The van der Waals surface area contributed by atoms with E-state index in [0.29, 0.717) is 12.6 Å². The number of nitrogens with zero attached hydrogens (tertiary/aromatic N) is 1. The maximum Gasteiger partial charge on any atom is 0.119 e. The summed E-state index contributed by atoms with van der Waals surface area (Å²) >= 11 is 0. The van der Waals surface area contributed by atoms with Crippen LogP contribution in [0.5, 0.6) is 5.75 Å². The van der Waals surface area contributed by atoms with Crippen molar-refractivity contribution in [1.29, 1.82) is 0 Å². The van der Waals surface area contributed by atoms with Crippen LogP contribution in [-0.2, 0) is 6.54 Å². The van der Waals surface area contributed by atoms with Crippen molar-refractivity contribution in [3.05, 3.63) is 29.3 Å². The first kappa shape index (κ1) is 15.6. The number of hydrogen-bond donors (Lipinski definition) is 1. The van der Waals surface area contributed by atoms with Gasteiger partial charge in [-0.2, -0.15) is 0 Å². The first-order valence-electron chi connectivity index (χ1n) is 6.72. The van der Waals surface area contributed by atoms with Gasteiger partial charge >= 0.3 is 0 Å². The second kappa shape index (κ2) is 7.83. The zero-order chi connectivity index (χ0) is 14.3. The van der Waals surface area contributed by atoms with Gasteiger partial charge in [-0.15, -0.1) is 0 Å². The number of hydrogen-bond acceptors (Lipinski definition) is 3. The number of ether oxygens (including phenoxy) is 1. The lowest BCUT2D eigenvalue weighted by Crippen LogP contribution is -2.30. The zero-order valence-electron chi connectivity index (χ0n) is 12.4. The highest BCUT2D eigenvalue weighted by Crippen LogP contribution is 2.19. The van der Waals surface area contributed by atoms with E-state index >= 15 is 0 Å². The fraction of sp³-hybridized carbons (Fsp3) is 0.500. The van der Waals surface area contributed by atoms with Crippen LogP contribution in [0.4, 0.5) is 0 Å². The second-order valence-electron chi connectivity index (χ2n) is 4.69. The van der Waals surface area contributed by atoms with Crippen molar-refractivity contribution in [3.8, 4) is 17.6 Å². The molecule has 0 bridgehead atoms. The summed E-state index contributed by atoms with van der Waals surface area (Å²) in [5, 5.41) is 0. The minimum Gasteiger partial charge on any atom is -0.497 e. The van der Waals surface area contributed by atoms with Gasteiger partial charge in [0.1, 0.15) is 5.75 Å². The Morgan fingerprint density at radius 2 is 2.11 bits per heavy atom. The quantitative estimate of drug-likeness (QED) is 0.825. The van der Waals surface area contributed by atoms with E-state index in [0.717, 1.165) is 24.4 Å². The maximum absolute atomic E-state index is 5.45. The fourth-order valence-electron chi connectivity index (χ4n) is 1.97. The molecule has 1 aromatic carbocycles. The molecule has 0 saturated carbocycles. The first-order valence-corrected chi connectivity index (χ1v) is 6.72. The number of benzene rings is 1. The van der Waals surface area contributed by atoms with Crippen LogP contribution in [0, 0.1) is 11.8 Å². The van der Waals surface area contributed by atoms with Gasteiger partial charge in [0.25, 0.3) is 0 Å². The van der Waals surface area contributed by atoms with E-state index in [9.17, 15) is 0 Å². The van der Waals surface area contributed by atoms with Crippen LogP contribution < -0.4 is 10.5 Å². The third kappa shape index (κ3) is 4.59. The van der Waals surface area contributed by atoms with Crippen LogP contribution in [0.3, 0.4) is 0 Å². The molecule has 0 aromatic heterocycles. The summed E-state index contributed by atoms with van der Waals surface area (Å²) in [6.45, 7) is 8.85. The van der Waals surface area contributed by atoms with E-state index in [1.165, 1.54) is 5.56 Å². The minimum atomic E-state index is 0.382. The fourth-order valence-corrected chi connectivity index (χ4v) is 1.97. The van der Waals surface area contributed by atoms with E-state index in [1.54, 1.807) is 7.11 Å². The van der Waals surface area contributed by atoms with E-state index in [-0.39, 0.29) is 0 Å². The zero-order valence-corrected chi connectivity index (χ0v) is 12.4. The average Bonchev–Trinajstić information content (AvgIpc) is 2.42. The Bertz CT molecular complexity index is 458. The molecule has 0 aliphatic heterocycles. The molecule has 19 heavy (non-hydrogen) atoms. The van der Waals surface area contributed by atoms with Crippen molar-refractivity contribution >= 4 is 0 Å². The van der Waals surface area contributed by atoms with Gasteiger partial charge in [0.05, 0.1) is 13.7 Å². The lowest BCUT2D eigenvalue weighted by Gasteiger charge is -2.25. The molecular weight excluding hydrogens is 236 g/mol. The van der Waals surface area contributed by atoms with E-state index < -0.39 is 0 Å². The third-order valence-corrected chi connectivity index (χ3v) is 3.15. The topological polar surface area (TPSA) is 38.5 Å². The van der Waals surface area contributed by atoms with Gasteiger partial charge in [0.15, 0.2) is 0 Å². The Morgan fingerprint density at radius 3 is 2.63 bits per heavy atom. The van der Waals surface area contributed by atoms with Crippen LogP contribution in [0.15, 0.2) is 18.2 Å². The molecule has 0 aliphatic rings. The molecular formula is C16H24N2O. The van der Waals surface area contributed by atoms with Gasteiger partial charge in [-0.3, -0.25) is 4.90 Å². The van der Waals surface area contributed by atoms with Crippen molar-refractivity contribution in [3.63, 3.8) is 0 Å². The standard InChI is InChI=1S/C16H24N2O/c1-5-18(13(2)3)12-15-11-16(19-4)9-8-14(15)7-6-10-17/h8-9,11,13H,5,10,12,17H2,1-4H3. The molecule has 3 heteroatoms. The van der Waals surface area contributed by atoms with Gasteiger partial charge in [0, 0.05) is 18.2 Å². The smallest absolute Gasteiger partial charge is 0.119 e. The van der Waals surface area contributed by atoms with E-state index in [1.807, 2.05) is 12.1 Å². The normalized spacial score (nSPS) is 10.5. The highest BCUT2D eigenvalue weighted by atomic mass is 16.5. The lowest BCUT2D eigenvalue weighted by molar-refractivity contribution is 0.224. The van der Waals surface area contributed by atoms with E-state index in [2.05, 4.69) is 43.6 Å². The Balaban J connectivity index is 3.06. The molecule has 0 unspecified atom stereocenters. The highest BCUT2D eigenvalue weighted by Gasteiger charge is 2.11.